The molecule has 1 aromatic carbocycles. The Hall–Kier alpha value is -2.01. The van der Waals surface area contributed by atoms with Crippen LogP contribution in [0, 0.1) is 6.92 Å². The molecule has 1 aromatic heterocycles. The van der Waals surface area contributed by atoms with Gasteiger partial charge in [-0.05, 0) is 37.2 Å². The van der Waals surface area contributed by atoms with E-state index in [0.717, 1.165) is 29.2 Å². The van der Waals surface area contributed by atoms with Gasteiger partial charge in [0.25, 0.3) is 0 Å². The molecule has 1 atom stereocenters. The number of aromatic nitrogens is 2. The molecule has 5 heteroatoms. The number of nitrogens with zero attached hydrogens (tertiary/aromatic N) is 2. The first-order valence-electron chi connectivity index (χ1n) is 6.56. The zero-order valence-electron chi connectivity index (χ0n) is 12.4. The number of ether oxygens (including phenoxy) is 2. The zero-order chi connectivity index (χ0) is 14.5. The van der Waals surface area contributed by atoms with Crippen molar-refractivity contribution >= 4 is 0 Å². The highest BCUT2D eigenvalue weighted by molar-refractivity contribution is 5.43. The molecule has 1 heterocycles. The fraction of sp³-hybridized carbons (Fsp3) is 0.400. The van der Waals surface area contributed by atoms with Crippen molar-refractivity contribution in [1.82, 2.24) is 15.1 Å². The first-order chi connectivity index (χ1) is 9.67. The maximum absolute atomic E-state index is 5.35. The van der Waals surface area contributed by atoms with Crippen LogP contribution in [0.5, 0.6) is 11.5 Å². The maximum Gasteiger partial charge on any atom is 0.161 e. The van der Waals surface area contributed by atoms with E-state index >= 15 is 0 Å². The van der Waals surface area contributed by atoms with Gasteiger partial charge in [-0.3, -0.25) is 4.68 Å². The quantitative estimate of drug-likeness (QED) is 0.877. The highest BCUT2D eigenvalue weighted by atomic mass is 16.5. The third kappa shape index (κ3) is 3.11. The molecule has 0 amide bonds. The number of aryl methyl sites for hydroxylation is 1. The molecular formula is C15H21N3O2. The molecule has 5 nitrogen and oxygen atoms in total. The molecule has 20 heavy (non-hydrogen) atoms. The van der Waals surface area contributed by atoms with E-state index in [1.54, 1.807) is 14.2 Å². The number of hydrogen-bond acceptors (Lipinski definition) is 4. The van der Waals surface area contributed by atoms with Gasteiger partial charge in [-0.1, -0.05) is 6.07 Å². The molecule has 1 unspecified atom stereocenters. The van der Waals surface area contributed by atoms with Gasteiger partial charge in [-0.2, -0.15) is 5.10 Å². The van der Waals surface area contributed by atoms with Crippen LogP contribution in [0.3, 0.4) is 0 Å². The lowest BCUT2D eigenvalue weighted by molar-refractivity contribution is 0.353. The van der Waals surface area contributed by atoms with E-state index in [9.17, 15) is 0 Å². The van der Waals surface area contributed by atoms with Crippen molar-refractivity contribution in [2.75, 3.05) is 21.3 Å². The summed E-state index contributed by atoms with van der Waals surface area (Å²) >= 11 is 0. The Morgan fingerprint density at radius 3 is 2.55 bits per heavy atom. The summed E-state index contributed by atoms with van der Waals surface area (Å²) in [6, 6.07) is 6.12. The van der Waals surface area contributed by atoms with Crippen molar-refractivity contribution in [2.45, 2.75) is 19.5 Å². The molecule has 0 fully saturated rings. The van der Waals surface area contributed by atoms with Gasteiger partial charge in [0.05, 0.1) is 33.0 Å². The molecule has 2 aromatic rings. The summed E-state index contributed by atoms with van der Waals surface area (Å²) in [5.41, 5.74) is 2.30. The maximum atomic E-state index is 5.35. The Morgan fingerprint density at radius 2 is 2.00 bits per heavy atom. The van der Waals surface area contributed by atoms with Crippen molar-refractivity contribution in [3.05, 3.63) is 41.7 Å². The third-order valence-corrected chi connectivity index (χ3v) is 3.29. The first-order valence-corrected chi connectivity index (χ1v) is 6.56. The van der Waals surface area contributed by atoms with Crippen molar-refractivity contribution in [1.29, 1.82) is 0 Å². The summed E-state index contributed by atoms with van der Waals surface area (Å²) in [4.78, 5) is 0. The molecule has 0 spiro atoms. The topological polar surface area (TPSA) is 48.3 Å². The monoisotopic (exact) mass is 275 g/mol. The van der Waals surface area contributed by atoms with Crippen LogP contribution in [0.15, 0.2) is 30.6 Å². The largest absolute Gasteiger partial charge is 0.493 e. The standard InChI is InChI=1S/C15H21N3O2/c1-11-8-17-18(9-11)10-13(16-2)12-5-6-14(19-3)15(7-12)20-4/h5-9,13,16H,10H2,1-4H3. The summed E-state index contributed by atoms with van der Waals surface area (Å²) in [7, 11) is 5.23. The smallest absolute Gasteiger partial charge is 0.161 e. The van der Waals surface area contributed by atoms with Gasteiger partial charge in [0, 0.05) is 6.20 Å². The van der Waals surface area contributed by atoms with Crippen LogP contribution in [0.2, 0.25) is 0 Å². The van der Waals surface area contributed by atoms with Crippen LogP contribution in [0.4, 0.5) is 0 Å². The van der Waals surface area contributed by atoms with E-state index < -0.39 is 0 Å². The van der Waals surface area contributed by atoms with E-state index in [2.05, 4.69) is 10.4 Å². The molecular weight excluding hydrogens is 254 g/mol. The van der Waals surface area contributed by atoms with Gasteiger partial charge < -0.3 is 14.8 Å². The van der Waals surface area contributed by atoms with E-state index in [1.807, 2.05) is 49.2 Å². The summed E-state index contributed by atoms with van der Waals surface area (Å²) < 4.78 is 12.6. The van der Waals surface area contributed by atoms with Crippen LogP contribution < -0.4 is 14.8 Å². The summed E-state index contributed by atoms with van der Waals surface area (Å²) in [6.45, 7) is 2.80. The number of rotatable bonds is 6. The Kier molecular flexibility index (Phi) is 4.63. The van der Waals surface area contributed by atoms with Crippen molar-refractivity contribution in [3.8, 4) is 11.5 Å². The van der Waals surface area contributed by atoms with E-state index in [-0.39, 0.29) is 6.04 Å². The van der Waals surface area contributed by atoms with Crippen LogP contribution >= 0.6 is 0 Å². The molecule has 0 bridgehead atoms. The van der Waals surface area contributed by atoms with Crippen LogP contribution in [0.1, 0.15) is 17.2 Å². The molecule has 0 saturated heterocycles. The lowest BCUT2D eigenvalue weighted by Crippen LogP contribution is -2.22. The summed E-state index contributed by atoms with van der Waals surface area (Å²) in [5, 5.41) is 7.63. The van der Waals surface area contributed by atoms with Gasteiger partial charge in [0.15, 0.2) is 11.5 Å². The van der Waals surface area contributed by atoms with E-state index in [0.29, 0.717) is 0 Å². The van der Waals surface area contributed by atoms with Crippen molar-refractivity contribution in [3.63, 3.8) is 0 Å². The molecule has 0 radical (unpaired) electrons. The first kappa shape index (κ1) is 14.4. The summed E-state index contributed by atoms with van der Waals surface area (Å²) in [6.07, 6.45) is 3.90. The minimum atomic E-state index is 0.161. The third-order valence-electron chi connectivity index (χ3n) is 3.29. The second-order valence-corrected chi connectivity index (χ2v) is 4.70. The highest BCUT2D eigenvalue weighted by Gasteiger charge is 2.13. The normalized spacial score (nSPS) is 12.2. The van der Waals surface area contributed by atoms with E-state index in [4.69, 9.17) is 9.47 Å². The minimum absolute atomic E-state index is 0.161. The Bertz CT molecular complexity index is 566. The SMILES string of the molecule is CNC(Cn1cc(C)cn1)c1ccc(OC)c(OC)c1. The van der Waals surface area contributed by atoms with E-state index in [1.165, 1.54) is 0 Å². The fourth-order valence-corrected chi connectivity index (χ4v) is 2.19. The molecule has 1 N–H and O–H groups in total. The van der Waals surface area contributed by atoms with Gasteiger partial charge >= 0.3 is 0 Å². The van der Waals surface area contributed by atoms with Crippen molar-refractivity contribution in [2.24, 2.45) is 0 Å². The lowest BCUT2D eigenvalue weighted by atomic mass is 10.1. The highest BCUT2D eigenvalue weighted by Crippen LogP contribution is 2.30. The summed E-state index contributed by atoms with van der Waals surface area (Å²) in [5.74, 6) is 1.47. The number of likely N-dealkylation sites (N-methyl/N-ethyl adjacent to an activating group) is 1. The second-order valence-electron chi connectivity index (χ2n) is 4.70. The zero-order valence-corrected chi connectivity index (χ0v) is 12.4. The molecule has 0 aliphatic rings. The number of hydrogen-bond donors (Lipinski definition) is 1. The van der Waals surface area contributed by atoms with Crippen LogP contribution in [0.25, 0.3) is 0 Å². The van der Waals surface area contributed by atoms with Gasteiger partial charge in [0.1, 0.15) is 0 Å². The molecule has 0 aliphatic carbocycles. The van der Waals surface area contributed by atoms with Gasteiger partial charge in [0.2, 0.25) is 0 Å². The molecule has 2 rings (SSSR count). The predicted molar refractivity (Wildman–Crippen MR) is 78.3 cm³/mol. The lowest BCUT2D eigenvalue weighted by Gasteiger charge is -2.18. The predicted octanol–water partition coefficient (Wildman–Crippen LogP) is 2.17. The molecule has 0 aliphatic heterocycles. The Balaban J connectivity index is 2.22. The molecule has 108 valence electrons. The molecule has 0 saturated carbocycles. The Labute approximate surface area is 119 Å². The number of nitrogens with one attached hydrogen (secondary N) is 1. The number of methoxy groups -OCH3 is 2. The average Bonchev–Trinajstić information content (AvgIpc) is 2.89. The van der Waals surface area contributed by atoms with Gasteiger partial charge in [-0.25, -0.2) is 0 Å². The average molecular weight is 275 g/mol. The van der Waals surface area contributed by atoms with Crippen LogP contribution in [-0.2, 0) is 6.54 Å². The second kappa shape index (κ2) is 6.43. The fourth-order valence-electron chi connectivity index (χ4n) is 2.19. The van der Waals surface area contributed by atoms with Crippen LogP contribution in [-0.4, -0.2) is 31.0 Å². The van der Waals surface area contributed by atoms with Gasteiger partial charge in [-0.15, -0.1) is 0 Å². The Morgan fingerprint density at radius 1 is 1.25 bits per heavy atom. The minimum Gasteiger partial charge on any atom is -0.493 e. The number of benzene rings is 1. The van der Waals surface area contributed by atoms with Crippen molar-refractivity contribution < 1.29 is 9.47 Å².